The van der Waals surface area contributed by atoms with Crippen LogP contribution in [0.1, 0.15) is 50.2 Å². The first kappa shape index (κ1) is 23.3. The Kier molecular flexibility index (Phi) is 6.21. The molecule has 1 aromatic carbocycles. The second kappa shape index (κ2) is 8.27. The van der Waals surface area contributed by atoms with Crippen molar-refractivity contribution in [2.24, 2.45) is 0 Å². The SMILES string of the molecule is C[C@@H](Nc1nc(C(F)F)nc2cnc(Br)cc12)c1cccc(C(F)(F)C(C)(C)O)c1F. The summed E-state index contributed by atoms with van der Waals surface area (Å²) in [6.45, 7) is 3.23. The molecular weight excluding hydrogens is 487 g/mol. The molecule has 0 fully saturated rings. The van der Waals surface area contributed by atoms with Gasteiger partial charge in [0, 0.05) is 10.9 Å². The normalized spacial score (nSPS) is 13.6. The van der Waals surface area contributed by atoms with Gasteiger partial charge in [-0.05, 0) is 48.8 Å². The van der Waals surface area contributed by atoms with Crippen molar-refractivity contribution < 1.29 is 27.1 Å². The van der Waals surface area contributed by atoms with Gasteiger partial charge in [0.05, 0.1) is 23.3 Å². The monoisotopic (exact) mass is 504 g/mol. The van der Waals surface area contributed by atoms with Crippen molar-refractivity contribution in [2.75, 3.05) is 5.32 Å². The minimum atomic E-state index is -3.87. The van der Waals surface area contributed by atoms with Crippen molar-refractivity contribution in [3.63, 3.8) is 0 Å². The van der Waals surface area contributed by atoms with Crippen LogP contribution in [0.25, 0.3) is 10.9 Å². The fourth-order valence-electron chi connectivity index (χ4n) is 2.97. The van der Waals surface area contributed by atoms with Crippen LogP contribution in [0.5, 0.6) is 0 Å². The molecule has 0 spiro atoms. The molecule has 0 aliphatic heterocycles. The topological polar surface area (TPSA) is 70.9 Å². The summed E-state index contributed by atoms with van der Waals surface area (Å²) >= 11 is 3.18. The summed E-state index contributed by atoms with van der Waals surface area (Å²) in [5, 5.41) is 12.9. The summed E-state index contributed by atoms with van der Waals surface area (Å²) in [5.41, 5.74) is -3.50. The lowest BCUT2D eigenvalue weighted by Gasteiger charge is -2.30. The van der Waals surface area contributed by atoms with Gasteiger partial charge in [0.1, 0.15) is 21.8 Å². The lowest BCUT2D eigenvalue weighted by atomic mass is 9.91. The molecule has 0 aliphatic rings. The predicted octanol–water partition coefficient (Wildman–Crippen LogP) is 5.90. The molecule has 11 heteroatoms. The number of hydrogen-bond acceptors (Lipinski definition) is 5. The maximum Gasteiger partial charge on any atom is 0.303 e. The highest BCUT2D eigenvalue weighted by molar-refractivity contribution is 9.10. The molecule has 2 N–H and O–H groups in total. The summed E-state index contributed by atoms with van der Waals surface area (Å²) in [6, 6.07) is 3.96. The number of fused-ring (bicyclic) bond motifs is 1. The van der Waals surface area contributed by atoms with Gasteiger partial charge in [-0.3, -0.25) is 0 Å². The largest absolute Gasteiger partial charge is 0.384 e. The Labute approximate surface area is 182 Å². The zero-order valence-corrected chi connectivity index (χ0v) is 18.2. The number of pyridine rings is 1. The third kappa shape index (κ3) is 4.47. The fraction of sp³-hybridized carbons (Fsp3) is 0.350. The molecule has 31 heavy (non-hydrogen) atoms. The second-order valence-electron chi connectivity index (χ2n) is 7.46. The third-order valence-electron chi connectivity index (χ3n) is 4.72. The van der Waals surface area contributed by atoms with Crippen LogP contribution in [0.4, 0.5) is 27.8 Å². The van der Waals surface area contributed by atoms with E-state index in [1.807, 2.05) is 0 Å². The molecule has 0 bridgehead atoms. The number of aliphatic hydroxyl groups is 1. The minimum Gasteiger partial charge on any atom is -0.384 e. The van der Waals surface area contributed by atoms with Crippen molar-refractivity contribution in [2.45, 2.75) is 44.8 Å². The van der Waals surface area contributed by atoms with Crippen LogP contribution in [0, 0.1) is 5.82 Å². The van der Waals surface area contributed by atoms with Crippen molar-refractivity contribution in [3.05, 3.63) is 57.8 Å². The Morgan fingerprint density at radius 1 is 1.16 bits per heavy atom. The predicted molar refractivity (Wildman–Crippen MR) is 109 cm³/mol. The van der Waals surface area contributed by atoms with Crippen LogP contribution in [-0.2, 0) is 5.92 Å². The molecule has 0 aliphatic carbocycles. The molecule has 2 heterocycles. The number of hydrogen-bond donors (Lipinski definition) is 2. The molecule has 0 saturated heterocycles. The molecule has 1 atom stereocenters. The van der Waals surface area contributed by atoms with E-state index in [1.54, 1.807) is 0 Å². The number of halogens is 6. The van der Waals surface area contributed by atoms with Crippen LogP contribution in [0.3, 0.4) is 0 Å². The molecule has 0 amide bonds. The third-order valence-corrected chi connectivity index (χ3v) is 5.15. The Bertz CT molecular complexity index is 1120. The lowest BCUT2D eigenvalue weighted by molar-refractivity contribution is -0.170. The molecule has 3 aromatic rings. The van der Waals surface area contributed by atoms with Crippen molar-refractivity contribution in [1.82, 2.24) is 15.0 Å². The van der Waals surface area contributed by atoms with E-state index in [-0.39, 0.29) is 16.9 Å². The Morgan fingerprint density at radius 3 is 2.45 bits per heavy atom. The number of nitrogens with one attached hydrogen (secondary N) is 1. The van der Waals surface area contributed by atoms with Crippen LogP contribution in [0.2, 0.25) is 0 Å². The summed E-state index contributed by atoms with van der Waals surface area (Å²) in [4.78, 5) is 11.5. The summed E-state index contributed by atoms with van der Waals surface area (Å²) in [5.74, 6) is -5.87. The smallest absolute Gasteiger partial charge is 0.303 e. The summed E-state index contributed by atoms with van der Waals surface area (Å²) in [6.07, 6.45) is -1.69. The zero-order valence-electron chi connectivity index (χ0n) is 16.6. The van der Waals surface area contributed by atoms with E-state index in [9.17, 15) is 22.7 Å². The standard InChI is InChI=1S/C20H18BrF5N4O/c1-9(10-5-4-6-12(15(10)22)20(25,26)19(2,3)31)28-17-11-7-14(21)27-8-13(11)29-18(30-17)16(23)24/h4-9,16,31H,1-3H3,(H,28,29,30)/t9-/m1/s1. The van der Waals surface area contributed by atoms with E-state index in [4.69, 9.17) is 0 Å². The molecule has 5 nitrogen and oxygen atoms in total. The highest BCUT2D eigenvalue weighted by Crippen LogP contribution is 2.41. The van der Waals surface area contributed by atoms with Gasteiger partial charge in [-0.1, -0.05) is 12.1 Å². The Morgan fingerprint density at radius 2 is 1.84 bits per heavy atom. The number of nitrogens with zero attached hydrogens (tertiary/aromatic N) is 3. The van der Waals surface area contributed by atoms with Crippen molar-refractivity contribution >= 4 is 32.7 Å². The molecule has 2 aromatic heterocycles. The van der Waals surface area contributed by atoms with Gasteiger partial charge < -0.3 is 10.4 Å². The first-order valence-electron chi connectivity index (χ1n) is 9.10. The molecule has 0 unspecified atom stereocenters. The molecule has 0 radical (unpaired) electrons. The number of alkyl halides is 4. The number of benzene rings is 1. The average molecular weight is 505 g/mol. The van der Waals surface area contributed by atoms with Gasteiger partial charge in [-0.25, -0.2) is 28.1 Å². The average Bonchev–Trinajstić information content (AvgIpc) is 2.67. The zero-order chi connectivity index (χ0) is 23.1. The van der Waals surface area contributed by atoms with Crippen molar-refractivity contribution in [3.8, 4) is 0 Å². The first-order valence-corrected chi connectivity index (χ1v) is 9.89. The maximum absolute atomic E-state index is 15.0. The second-order valence-corrected chi connectivity index (χ2v) is 8.28. The van der Waals surface area contributed by atoms with Crippen LogP contribution < -0.4 is 5.32 Å². The van der Waals surface area contributed by atoms with E-state index in [0.29, 0.717) is 9.99 Å². The number of anilines is 1. The van der Waals surface area contributed by atoms with E-state index < -0.39 is 41.2 Å². The summed E-state index contributed by atoms with van der Waals surface area (Å²) in [7, 11) is 0. The Hall–Kier alpha value is -2.40. The summed E-state index contributed by atoms with van der Waals surface area (Å²) < 4.78 is 71.0. The van der Waals surface area contributed by atoms with Gasteiger partial charge in [0.2, 0.25) is 0 Å². The van der Waals surface area contributed by atoms with E-state index in [0.717, 1.165) is 19.9 Å². The number of rotatable bonds is 6. The first-order chi connectivity index (χ1) is 14.3. The van der Waals surface area contributed by atoms with Crippen LogP contribution in [0.15, 0.2) is 35.1 Å². The van der Waals surface area contributed by atoms with Gasteiger partial charge in [0.25, 0.3) is 6.43 Å². The van der Waals surface area contributed by atoms with Crippen LogP contribution in [-0.4, -0.2) is 25.7 Å². The minimum absolute atomic E-state index is 0.0325. The van der Waals surface area contributed by atoms with Crippen LogP contribution >= 0.6 is 15.9 Å². The quantitative estimate of drug-likeness (QED) is 0.323. The Balaban J connectivity index is 2.07. The molecule has 3 rings (SSSR count). The van der Waals surface area contributed by atoms with E-state index in [2.05, 4.69) is 36.2 Å². The highest BCUT2D eigenvalue weighted by atomic mass is 79.9. The fourth-order valence-corrected chi connectivity index (χ4v) is 3.30. The molecule has 166 valence electrons. The van der Waals surface area contributed by atoms with Gasteiger partial charge >= 0.3 is 5.92 Å². The van der Waals surface area contributed by atoms with Crippen molar-refractivity contribution in [1.29, 1.82) is 0 Å². The number of aromatic nitrogens is 3. The van der Waals surface area contributed by atoms with Gasteiger partial charge in [-0.15, -0.1) is 0 Å². The van der Waals surface area contributed by atoms with Gasteiger partial charge in [-0.2, -0.15) is 8.78 Å². The maximum atomic E-state index is 15.0. The van der Waals surface area contributed by atoms with E-state index in [1.165, 1.54) is 31.3 Å². The lowest BCUT2D eigenvalue weighted by Crippen LogP contribution is -2.41. The highest BCUT2D eigenvalue weighted by Gasteiger charge is 2.49. The van der Waals surface area contributed by atoms with E-state index >= 15 is 4.39 Å². The molecule has 0 saturated carbocycles. The molecular formula is C20H18BrF5N4O. The van der Waals surface area contributed by atoms with Gasteiger partial charge in [0.15, 0.2) is 5.82 Å².